The number of nitrogens with one attached hydrogen (secondary N) is 1. The predicted molar refractivity (Wildman–Crippen MR) is 84.2 cm³/mol. The van der Waals surface area contributed by atoms with Crippen LogP contribution in [0.25, 0.3) is 0 Å². The summed E-state index contributed by atoms with van der Waals surface area (Å²) in [6.45, 7) is 4.46. The van der Waals surface area contributed by atoms with Crippen molar-refractivity contribution in [2.45, 2.75) is 32.0 Å². The zero-order chi connectivity index (χ0) is 15.5. The minimum absolute atomic E-state index is 0.0443. The summed E-state index contributed by atoms with van der Waals surface area (Å²) in [5.74, 6) is 1.94. The first-order chi connectivity index (χ1) is 10.7. The van der Waals surface area contributed by atoms with Gasteiger partial charge < -0.3 is 19.7 Å². The number of ether oxygens (including phenoxy) is 2. The second kappa shape index (κ2) is 6.57. The van der Waals surface area contributed by atoms with E-state index in [1.807, 2.05) is 43.1 Å². The maximum atomic E-state index is 12.8. The molecule has 2 heterocycles. The highest BCUT2D eigenvalue weighted by molar-refractivity contribution is 5.82. The van der Waals surface area contributed by atoms with Crippen molar-refractivity contribution in [2.24, 2.45) is 5.92 Å². The van der Waals surface area contributed by atoms with Crippen LogP contribution in [0.4, 0.5) is 0 Å². The van der Waals surface area contributed by atoms with Crippen LogP contribution >= 0.6 is 0 Å². The van der Waals surface area contributed by atoms with E-state index in [0.29, 0.717) is 17.4 Å². The monoisotopic (exact) mass is 304 g/mol. The minimum atomic E-state index is -0.553. The van der Waals surface area contributed by atoms with Crippen molar-refractivity contribution in [1.82, 2.24) is 10.2 Å². The van der Waals surface area contributed by atoms with Crippen LogP contribution in [0.15, 0.2) is 24.3 Å². The highest BCUT2D eigenvalue weighted by Crippen LogP contribution is 2.34. The Morgan fingerprint density at radius 1 is 1.32 bits per heavy atom. The molecule has 1 fully saturated rings. The van der Waals surface area contributed by atoms with E-state index in [2.05, 4.69) is 5.32 Å². The summed E-state index contributed by atoms with van der Waals surface area (Å²) < 4.78 is 11.8. The highest BCUT2D eigenvalue weighted by atomic mass is 16.6. The topological polar surface area (TPSA) is 50.8 Å². The number of hydrogen-bond donors (Lipinski definition) is 1. The highest BCUT2D eigenvalue weighted by Gasteiger charge is 2.38. The Balaban J connectivity index is 1.69. The van der Waals surface area contributed by atoms with E-state index in [0.717, 1.165) is 26.1 Å². The van der Waals surface area contributed by atoms with Gasteiger partial charge in [0.2, 0.25) is 6.10 Å². The van der Waals surface area contributed by atoms with Crippen LogP contribution in [-0.2, 0) is 4.79 Å². The van der Waals surface area contributed by atoms with Gasteiger partial charge in [0.1, 0.15) is 6.10 Å². The fourth-order valence-corrected chi connectivity index (χ4v) is 3.29. The van der Waals surface area contributed by atoms with Gasteiger partial charge in [-0.3, -0.25) is 4.79 Å². The van der Waals surface area contributed by atoms with Crippen LogP contribution in [0.1, 0.15) is 19.8 Å². The third-order valence-electron chi connectivity index (χ3n) is 4.41. The molecular formula is C17H24N2O3. The number of para-hydroxylation sites is 2. The summed E-state index contributed by atoms with van der Waals surface area (Å²) in [6.07, 6.45) is 1.40. The molecule has 5 heteroatoms. The average Bonchev–Trinajstić information content (AvgIpc) is 2.54. The van der Waals surface area contributed by atoms with E-state index in [9.17, 15) is 4.79 Å². The van der Waals surface area contributed by atoms with Gasteiger partial charge in [-0.15, -0.1) is 0 Å². The van der Waals surface area contributed by atoms with Crippen molar-refractivity contribution < 1.29 is 14.3 Å². The van der Waals surface area contributed by atoms with Crippen molar-refractivity contribution >= 4 is 5.91 Å². The fourth-order valence-electron chi connectivity index (χ4n) is 3.29. The predicted octanol–water partition coefficient (Wildman–Crippen LogP) is 1.67. The number of fused-ring (bicyclic) bond motifs is 1. The SMILES string of the molecule is CNCC1CCCN(C(=O)C2Oc3ccccc3OC2C)C1. The van der Waals surface area contributed by atoms with Gasteiger partial charge in [-0.25, -0.2) is 0 Å². The summed E-state index contributed by atoms with van der Waals surface area (Å²) in [5.41, 5.74) is 0. The molecule has 2 aliphatic heterocycles. The largest absolute Gasteiger partial charge is 0.482 e. The number of carbonyl (C=O) groups is 1. The number of likely N-dealkylation sites (tertiary alicyclic amines) is 1. The molecule has 1 aromatic rings. The molecule has 0 radical (unpaired) electrons. The Labute approximate surface area is 131 Å². The minimum Gasteiger partial charge on any atom is -0.482 e. The normalized spacial score (nSPS) is 27.5. The molecule has 3 atom stereocenters. The molecule has 3 rings (SSSR count). The molecule has 1 amide bonds. The van der Waals surface area contributed by atoms with Gasteiger partial charge in [-0.2, -0.15) is 0 Å². The van der Waals surface area contributed by atoms with Crippen LogP contribution in [-0.4, -0.2) is 49.7 Å². The number of amides is 1. The zero-order valence-electron chi connectivity index (χ0n) is 13.2. The molecule has 0 saturated carbocycles. The van der Waals surface area contributed by atoms with Gasteiger partial charge in [-0.05, 0) is 51.4 Å². The average molecular weight is 304 g/mol. The lowest BCUT2D eigenvalue weighted by Gasteiger charge is -2.38. The molecule has 0 bridgehead atoms. The molecule has 1 N–H and O–H groups in total. The van der Waals surface area contributed by atoms with Gasteiger partial charge in [0.25, 0.3) is 5.91 Å². The zero-order valence-corrected chi connectivity index (χ0v) is 13.2. The number of nitrogens with zero attached hydrogens (tertiary/aromatic N) is 1. The van der Waals surface area contributed by atoms with Crippen molar-refractivity contribution in [3.8, 4) is 11.5 Å². The lowest BCUT2D eigenvalue weighted by atomic mass is 9.97. The Hall–Kier alpha value is -1.75. The van der Waals surface area contributed by atoms with Crippen LogP contribution in [0.5, 0.6) is 11.5 Å². The standard InChI is InChI=1S/C17H24N2O3/c1-12-16(22-15-8-4-3-7-14(15)21-12)17(20)19-9-5-6-13(11-19)10-18-2/h3-4,7-8,12-13,16,18H,5-6,9-11H2,1-2H3. The Kier molecular flexibility index (Phi) is 4.52. The number of piperidine rings is 1. The van der Waals surface area contributed by atoms with Crippen LogP contribution in [0.3, 0.4) is 0 Å². The van der Waals surface area contributed by atoms with E-state index in [-0.39, 0.29) is 12.0 Å². The van der Waals surface area contributed by atoms with Gasteiger partial charge >= 0.3 is 0 Å². The summed E-state index contributed by atoms with van der Waals surface area (Å²) in [4.78, 5) is 14.8. The maximum Gasteiger partial charge on any atom is 0.267 e. The van der Waals surface area contributed by atoms with Gasteiger partial charge in [-0.1, -0.05) is 12.1 Å². The van der Waals surface area contributed by atoms with Crippen molar-refractivity contribution in [2.75, 3.05) is 26.7 Å². The van der Waals surface area contributed by atoms with Crippen molar-refractivity contribution in [3.63, 3.8) is 0 Å². The molecule has 1 saturated heterocycles. The molecule has 3 unspecified atom stereocenters. The summed E-state index contributed by atoms with van der Waals surface area (Å²) in [6, 6.07) is 7.52. The summed E-state index contributed by atoms with van der Waals surface area (Å²) in [7, 11) is 1.96. The van der Waals surface area contributed by atoms with E-state index in [1.54, 1.807) is 0 Å². The van der Waals surface area contributed by atoms with Crippen molar-refractivity contribution in [1.29, 1.82) is 0 Å². The first-order valence-electron chi connectivity index (χ1n) is 8.04. The number of hydrogen-bond acceptors (Lipinski definition) is 4. The van der Waals surface area contributed by atoms with E-state index < -0.39 is 6.10 Å². The van der Waals surface area contributed by atoms with Crippen LogP contribution < -0.4 is 14.8 Å². The van der Waals surface area contributed by atoms with E-state index in [4.69, 9.17) is 9.47 Å². The van der Waals surface area contributed by atoms with Crippen molar-refractivity contribution in [3.05, 3.63) is 24.3 Å². The van der Waals surface area contributed by atoms with Gasteiger partial charge in [0, 0.05) is 13.1 Å². The smallest absolute Gasteiger partial charge is 0.267 e. The second-order valence-corrected chi connectivity index (χ2v) is 6.16. The molecule has 0 aliphatic carbocycles. The number of rotatable bonds is 3. The fraction of sp³-hybridized carbons (Fsp3) is 0.588. The summed E-state index contributed by atoms with van der Waals surface area (Å²) in [5, 5.41) is 3.20. The molecule has 120 valence electrons. The Morgan fingerprint density at radius 3 is 2.77 bits per heavy atom. The second-order valence-electron chi connectivity index (χ2n) is 6.16. The Morgan fingerprint density at radius 2 is 2.05 bits per heavy atom. The molecule has 5 nitrogen and oxygen atoms in total. The molecule has 2 aliphatic rings. The third kappa shape index (κ3) is 3.04. The first kappa shape index (κ1) is 15.2. The van der Waals surface area contributed by atoms with Gasteiger partial charge in [0.15, 0.2) is 11.5 Å². The molecule has 22 heavy (non-hydrogen) atoms. The lowest BCUT2D eigenvalue weighted by molar-refractivity contribution is -0.146. The molecular weight excluding hydrogens is 280 g/mol. The molecule has 1 aromatic carbocycles. The Bertz CT molecular complexity index is 532. The number of carbonyl (C=O) groups excluding carboxylic acids is 1. The van der Waals surface area contributed by atoms with Crippen LogP contribution in [0.2, 0.25) is 0 Å². The first-order valence-corrected chi connectivity index (χ1v) is 8.04. The van der Waals surface area contributed by atoms with E-state index >= 15 is 0 Å². The molecule has 0 aromatic heterocycles. The lowest BCUT2D eigenvalue weighted by Crippen LogP contribution is -2.53. The molecule has 0 spiro atoms. The quantitative estimate of drug-likeness (QED) is 0.923. The van der Waals surface area contributed by atoms with Crippen LogP contribution in [0, 0.1) is 5.92 Å². The van der Waals surface area contributed by atoms with E-state index in [1.165, 1.54) is 6.42 Å². The van der Waals surface area contributed by atoms with Gasteiger partial charge in [0.05, 0.1) is 0 Å². The maximum absolute atomic E-state index is 12.8. The number of benzene rings is 1. The summed E-state index contributed by atoms with van der Waals surface area (Å²) >= 11 is 0. The third-order valence-corrected chi connectivity index (χ3v) is 4.41.